The van der Waals surface area contributed by atoms with Crippen molar-refractivity contribution in [2.45, 2.75) is 24.8 Å². The van der Waals surface area contributed by atoms with Gasteiger partial charge in [0.1, 0.15) is 16.2 Å². The molecule has 3 aromatic rings. The molecule has 0 bridgehead atoms. The van der Waals surface area contributed by atoms with Gasteiger partial charge in [-0.1, -0.05) is 55.4 Å². The molecule has 6 heteroatoms. The lowest BCUT2D eigenvalue weighted by atomic mass is 10.1. The molecular weight excluding hydrogens is 340 g/mol. The van der Waals surface area contributed by atoms with Crippen LogP contribution < -0.4 is 0 Å². The summed E-state index contributed by atoms with van der Waals surface area (Å²) in [5, 5.41) is 3.94. The number of thioether (sulfide) groups is 1. The van der Waals surface area contributed by atoms with Crippen molar-refractivity contribution in [1.82, 2.24) is 9.97 Å². The summed E-state index contributed by atoms with van der Waals surface area (Å²) in [6.45, 7) is 2.56. The van der Waals surface area contributed by atoms with Crippen molar-refractivity contribution in [1.29, 1.82) is 0 Å². The summed E-state index contributed by atoms with van der Waals surface area (Å²) in [7, 11) is 0. The molecule has 24 heavy (non-hydrogen) atoms. The summed E-state index contributed by atoms with van der Waals surface area (Å²) in [6, 6.07) is 10.2. The van der Waals surface area contributed by atoms with E-state index in [0.717, 1.165) is 39.2 Å². The van der Waals surface area contributed by atoms with E-state index in [2.05, 4.69) is 34.4 Å². The lowest BCUT2D eigenvalue weighted by molar-refractivity contribution is -0.140. The Hall–Kier alpha value is -1.92. The fourth-order valence-electron chi connectivity index (χ4n) is 2.29. The number of carbonyl (C=O) groups excluding carboxylic acids is 1. The highest BCUT2D eigenvalue weighted by molar-refractivity contribution is 8.00. The highest BCUT2D eigenvalue weighted by Gasteiger charge is 2.14. The molecule has 0 spiro atoms. The molecule has 4 nitrogen and oxygen atoms in total. The second kappa shape index (κ2) is 8.26. The molecule has 0 aliphatic carbocycles. The van der Waals surface area contributed by atoms with Gasteiger partial charge < -0.3 is 4.74 Å². The maximum Gasteiger partial charge on any atom is 0.316 e. The van der Waals surface area contributed by atoms with E-state index in [-0.39, 0.29) is 11.7 Å². The van der Waals surface area contributed by atoms with E-state index >= 15 is 0 Å². The molecule has 0 fully saturated rings. The van der Waals surface area contributed by atoms with Gasteiger partial charge in [0, 0.05) is 10.9 Å². The number of benzene rings is 1. The van der Waals surface area contributed by atoms with Gasteiger partial charge in [0.2, 0.25) is 0 Å². The molecule has 0 N–H and O–H groups in total. The Morgan fingerprint density at radius 2 is 2.08 bits per heavy atom. The van der Waals surface area contributed by atoms with Crippen molar-refractivity contribution < 1.29 is 9.53 Å². The summed E-state index contributed by atoms with van der Waals surface area (Å²) in [5.41, 5.74) is 2.24. The Kier molecular flexibility index (Phi) is 5.82. The summed E-state index contributed by atoms with van der Waals surface area (Å²) in [6.07, 6.45) is 3.47. The van der Waals surface area contributed by atoms with E-state index in [1.54, 1.807) is 17.7 Å². The maximum atomic E-state index is 11.8. The van der Waals surface area contributed by atoms with Crippen LogP contribution >= 0.6 is 23.1 Å². The average molecular weight is 358 g/mol. The zero-order valence-corrected chi connectivity index (χ0v) is 15.0. The van der Waals surface area contributed by atoms with Gasteiger partial charge in [-0.15, -0.1) is 11.3 Å². The fourth-order valence-corrected chi connectivity index (χ4v) is 4.08. The summed E-state index contributed by atoms with van der Waals surface area (Å²) < 4.78 is 5.21. The van der Waals surface area contributed by atoms with Crippen LogP contribution in [0.1, 0.15) is 19.8 Å². The fraction of sp³-hybridized carbons (Fsp3) is 0.278. The van der Waals surface area contributed by atoms with Gasteiger partial charge >= 0.3 is 5.97 Å². The number of esters is 1. The summed E-state index contributed by atoms with van der Waals surface area (Å²) in [4.78, 5) is 21.5. The third-order valence-corrected chi connectivity index (χ3v) is 5.36. The first-order valence-electron chi connectivity index (χ1n) is 7.85. The first-order valence-corrected chi connectivity index (χ1v) is 9.72. The van der Waals surface area contributed by atoms with Gasteiger partial charge in [0.15, 0.2) is 0 Å². The van der Waals surface area contributed by atoms with Crippen LogP contribution in [0.4, 0.5) is 0 Å². The second-order valence-corrected chi connectivity index (χ2v) is 7.06. The zero-order valence-electron chi connectivity index (χ0n) is 13.4. The molecule has 2 heterocycles. The van der Waals surface area contributed by atoms with E-state index in [1.165, 1.54) is 11.8 Å². The Balaban J connectivity index is 1.81. The average Bonchev–Trinajstić information content (AvgIpc) is 3.06. The third kappa shape index (κ3) is 3.94. The highest BCUT2D eigenvalue weighted by Crippen LogP contribution is 2.37. The van der Waals surface area contributed by atoms with Gasteiger partial charge in [0.25, 0.3) is 0 Å². The van der Waals surface area contributed by atoms with Crippen LogP contribution in [-0.4, -0.2) is 28.3 Å². The predicted molar refractivity (Wildman–Crippen MR) is 99.4 cm³/mol. The SMILES string of the molecule is CCCCOC(=O)CSc1ncnc2scc(-c3ccccc3)c12. The Morgan fingerprint density at radius 1 is 1.25 bits per heavy atom. The molecular formula is C18H18N2O2S2. The van der Waals surface area contributed by atoms with E-state index < -0.39 is 0 Å². The number of hydrogen-bond acceptors (Lipinski definition) is 6. The van der Waals surface area contributed by atoms with Crippen molar-refractivity contribution in [3.8, 4) is 11.1 Å². The van der Waals surface area contributed by atoms with Crippen LogP contribution in [0.15, 0.2) is 47.1 Å². The lowest BCUT2D eigenvalue weighted by Gasteiger charge is -2.06. The number of hydrogen-bond donors (Lipinski definition) is 0. The van der Waals surface area contributed by atoms with Crippen LogP contribution in [0, 0.1) is 0 Å². The predicted octanol–water partition coefficient (Wildman–Crippen LogP) is 4.79. The number of thiophene rings is 1. The topological polar surface area (TPSA) is 52.1 Å². The first-order chi connectivity index (χ1) is 11.8. The van der Waals surface area contributed by atoms with Gasteiger partial charge in [-0.05, 0) is 12.0 Å². The van der Waals surface area contributed by atoms with E-state index in [9.17, 15) is 4.79 Å². The number of fused-ring (bicyclic) bond motifs is 1. The number of nitrogens with zero attached hydrogens (tertiary/aromatic N) is 2. The monoisotopic (exact) mass is 358 g/mol. The van der Waals surface area contributed by atoms with Gasteiger partial charge in [-0.25, -0.2) is 9.97 Å². The van der Waals surface area contributed by atoms with Gasteiger partial charge in [-0.3, -0.25) is 4.79 Å². The second-order valence-electron chi connectivity index (χ2n) is 5.24. The maximum absolute atomic E-state index is 11.8. The Bertz CT molecular complexity index is 818. The van der Waals surface area contributed by atoms with Crippen LogP contribution in [0.2, 0.25) is 0 Å². The molecule has 0 aliphatic rings. The molecule has 124 valence electrons. The van der Waals surface area contributed by atoms with Crippen molar-refractivity contribution in [2.75, 3.05) is 12.4 Å². The number of ether oxygens (including phenoxy) is 1. The van der Waals surface area contributed by atoms with Crippen LogP contribution in [-0.2, 0) is 9.53 Å². The lowest BCUT2D eigenvalue weighted by Crippen LogP contribution is -2.08. The van der Waals surface area contributed by atoms with Crippen molar-refractivity contribution in [2.24, 2.45) is 0 Å². The molecule has 0 saturated heterocycles. The normalized spacial score (nSPS) is 10.9. The molecule has 0 aliphatic heterocycles. The molecule has 0 saturated carbocycles. The Labute approximate surface area is 149 Å². The van der Waals surface area contributed by atoms with E-state index in [4.69, 9.17) is 4.74 Å². The van der Waals surface area contributed by atoms with E-state index in [1.807, 2.05) is 18.2 Å². The minimum atomic E-state index is -0.197. The third-order valence-electron chi connectivity index (χ3n) is 3.51. The molecule has 0 radical (unpaired) electrons. The van der Waals surface area contributed by atoms with Crippen LogP contribution in [0.5, 0.6) is 0 Å². The van der Waals surface area contributed by atoms with Crippen molar-refractivity contribution in [3.05, 3.63) is 42.0 Å². The molecule has 0 unspecified atom stereocenters. The molecule has 1 aromatic carbocycles. The van der Waals surface area contributed by atoms with E-state index in [0.29, 0.717) is 6.61 Å². The zero-order chi connectivity index (χ0) is 16.8. The minimum absolute atomic E-state index is 0.197. The molecule has 2 aromatic heterocycles. The highest BCUT2D eigenvalue weighted by atomic mass is 32.2. The number of carbonyl (C=O) groups is 1. The minimum Gasteiger partial charge on any atom is -0.465 e. The largest absolute Gasteiger partial charge is 0.465 e. The Morgan fingerprint density at radius 3 is 2.88 bits per heavy atom. The van der Waals surface area contributed by atoms with Crippen LogP contribution in [0.25, 0.3) is 21.3 Å². The smallest absolute Gasteiger partial charge is 0.316 e. The standard InChI is InChI=1S/C18H18N2O2S2/c1-2-3-9-22-15(21)11-24-18-16-14(13-7-5-4-6-8-13)10-23-17(16)19-12-20-18/h4-8,10,12H,2-3,9,11H2,1H3. The van der Waals surface area contributed by atoms with Gasteiger partial charge in [0.05, 0.1) is 17.7 Å². The quantitative estimate of drug-likeness (QED) is 0.263. The van der Waals surface area contributed by atoms with Crippen molar-refractivity contribution in [3.63, 3.8) is 0 Å². The summed E-state index contributed by atoms with van der Waals surface area (Å²) >= 11 is 3.00. The number of aromatic nitrogens is 2. The molecule has 0 atom stereocenters. The molecule has 3 rings (SSSR count). The summed E-state index contributed by atoms with van der Waals surface area (Å²) in [5.74, 6) is 0.0663. The van der Waals surface area contributed by atoms with Crippen LogP contribution in [0.3, 0.4) is 0 Å². The number of unbranched alkanes of at least 4 members (excludes halogenated alkanes) is 1. The number of rotatable bonds is 7. The van der Waals surface area contributed by atoms with Gasteiger partial charge in [-0.2, -0.15) is 0 Å². The van der Waals surface area contributed by atoms with Crippen molar-refractivity contribution >= 4 is 39.3 Å². The molecule has 0 amide bonds. The first kappa shape index (κ1) is 16.9.